The summed E-state index contributed by atoms with van der Waals surface area (Å²) in [7, 11) is 0. The number of aromatic nitrogens is 1. The predicted octanol–water partition coefficient (Wildman–Crippen LogP) is 1.54. The third-order valence-electron chi connectivity index (χ3n) is 2.25. The van der Waals surface area contributed by atoms with Gasteiger partial charge in [-0.15, -0.1) is 0 Å². The van der Waals surface area contributed by atoms with Gasteiger partial charge in [0.2, 0.25) is 6.79 Å². The van der Waals surface area contributed by atoms with Crippen LogP contribution in [0.5, 0.6) is 0 Å². The molecule has 0 spiro atoms. The molecule has 0 atom stereocenters. The molecule has 0 unspecified atom stereocenters. The Morgan fingerprint density at radius 2 is 2.22 bits per heavy atom. The van der Waals surface area contributed by atoms with Crippen molar-refractivity contribution in [2.24, 2.45) is 0 Å². The minimum Gasteiger partial charge on any atom is -0.436 e. The Balaban J connectivity index is 1.99. The molecule has 0 aliphatic heterocycles. The van der Waals surface area contributed by atoms with Crippen LogP contribution >= 0.6 is 0 Å². The number of benzene rings is 1. The molecule has 0 aliphatic carbocycles. The van der Waals surface area contributed by atoms with Gasteiger partial charge in [-0.2, -0.15) is 4.84 Å². The highest BCUT2D eigenvalue weighted by molar-refractivity contribution is 5.88. The van der Waals surface area contributed by atoms with E-state index in [1.54, 1.807) is 12.3 Å². The smallest absolute Gasteiger partial charge is 0.319 e. The summed E-state index contributed by atoms with van der Waals surface area (Å²) in [5.74, 6) is -0.485. The molecule has 0 radical (unpaired) electrons. The molecule has 2 N–H and O–H groups in total. The summed E-state index contributed by atoms with van der Waals surface area (Å²) < 4.78 is 4.50. The molecule has 0 fully saturated rings. The Morgan fingerprint density at radius 1 is 1.44 bits per heavy atom. The SMILES string of the molecule is CC(=O)OCON[N+](=O)c1c[nH]c2ccccc12. The van der Waals surface area contributed by atoms with E-state index in [-0.39, 0.29) is 6.79 Å². The average molecular weight is 250 g/mol. The molecule has 1 aromatic heterocycles. The van der Waals surface area contributed by atoms with Crippen molar-refractivity contribution in [2.75, 3.05) is 6.79 Å². The Bertz CT molecular complexity index is 578. The molecule has 2 aromatic rings. The lowest BCUT2D eigenvalue weighted by Gasteiger charge is -1.98. The number of fused-ring (bicyclic) bond motifs is 1. The standard InChI is InChI=1S/C11H12N3O4/c1-8(15)17-7-18-13-14(16)11-6-12-10-5-3-2-4-9(10)11/h2-6,12H,7H2,1H3,(H,13,16)/q+1. The van der Waals surface area contributed by atoms with Crippen LogP contribution in [0.4, 0.5) is 5.69 Å². The van der Waals surface area contributed by atoms with Gasteiger partial charge < -0.3 is 9.72 Å². The van der Waals surface area contributed by atoms with E-state index in [9.17, 15) is 9.70 Å². The van der Waals surface area contributed by atoms with Crippen LogP contribution < -0.4 is 5.59 Å². The molecule has 0 aliphatic rings. The van der Waals surface area contributed by atoms with E-state index in [0.29, 0.717) is 10.6 Å². The lowest BCUT2D eigenvalue weighted by atomic mass is 10.2. The van der Waals surface area contributed by atoms with Crippen LogP contribution in [-0.4, -0.2) is 22.6 Å². The maximum Gasteiger partial charge on any atom is 0.319 e. The van der Waals surface area contributed by atoms with Gasteiger partial charge in [-0.05, 0) is 17.7 Å². The first-order valence-corrected chi connectivity index (χ1v) is 5.22. The lowest BCUT2D eigenvalue weighted by molar-refractivity contribution is -0.595. The van der Waals surface area contributed by atoms with E-state index in [1.165, 1.54) is 6.92 Å². The molecule has 1 aromatic carbocycles. The van der Waals surface area contributed by atoms with E-state index in [2.05, 4.69) is 20.1 Å². The number of H-pyrrole nitrogens is 1. The highest BCUT2D eigenvalue weighted by Gasteiger charge is 2.19. The van der Waals surface area contributed by atoms with E-state index in [4.69, 9.17) is 0 Å². The summed E-state index contributed by atoms with van der Waals surface area (Å²) in [6.07, 6.45) is 1.56. The number of para-hydroxylation sites is 1. The molecule has 18 heavy (non-hydrogen) atoms. The van der Waals surface area contributed by atoms with Crippen LogP contribution in [-0.2, 0) is 14.4 Å². The summed E-state index contributed by atoms with van der Waals surface area (Å²) in [6.45, 7) is 0.911. The largest absolute Gasteiger partial charge is 0.436 e. The zero-order valence-corrected chi connectivity index (χ0v) is 9.67. The minimum absolute atomic E-state index is 0.337. The van der Waals surface area contributed by atoms with Crippen LogP contribution in [0.1, 0.15) is 6.92 Å². The lowest BCUT2D eigenvalue weighted by Crippen LogP contribution is -2.24. The van der Waals surface area contributed by atoms with Gasteiger partial charge in [-0.3, -0.25) is 4.79 Å². The van der Waals surface area contributed by atoms with Crippen molar-refractivity contribution < 1.29 is 19.2 Å². The Hall–Kier alpha value is -2.41. The number of ether oxygens (including phenoxy) is 1. The number of carbonyl (C=O) groups excluding carboxylic acids is 1. The zero-order chi connectivity index (χ0) is 13.0. The number of rotatable bonds is 5. The van der Waals surface area contributed by atoms with Gasteiger partial charge in [0.05, 0.1) is 22.0 Å². The summed E-state index contributed by atoms with van der Waals surface area (Å²) in [5.41, 5.74) is 3.34. The molecular weight excluding hydrogens is 238 g/mol. The number of esters is 1. The molecular formula is C11H12N3O4+. The van der Waals surface area contributed by atoms with Crippen molar-refractivity contribution in [1.82, 2.24) is 10.6 Å². The molecule has 2 rings (SSSR count). The Morgan fingerprint density at radius 3 is 3.00 bits per heavy atom. The maximum absolute atomic E-state index is 11.7. The number of hydrogen-bond acceptors (Lipinski definition) is 4. The van der Waals surface area contributed by atoms with Crippen LogP contribution in [0.25, 0.3) is 10.9 Å². The average Bonchev–Trinajstić information content (AvgIpc) is 2.78. The fraction of sp³-hybridized carbons (Fsp3) is 0.182. The van der Waals surface area contributed by atoms with Crippen molar-refractivity contribution >= 4 is 22.6 Å². The number of hydrogen-bond donors (Lipinski definition) is 2. The second-order valence-electron chi connectivity index (χ2n) is 3.50. The number of nitroso groups, excluding NO2 is 1. The summed E-state index contributed by atoms with van der Waals surface area (Å²) in [6, 6.07) is 7.35. The molecule has 1 heterocycles. The van der Waals surface area contributed by atoms with Crippen molar-refractivity contribution in [2.45, 2.75) is 6.92 Å². The van der Waals surface area contributed by atoms with Crippen molar-refractivity contribution in [1.29, 1.82) is 0 Å². The van der Waals surface area contributed by atoms with Crippen LogP contribution in [0.2, 0.25) is 0 Å². The molecule has 0 amide bonds. The minimum atomic E-state index is -0.485. The normalized spacial score (nSPS) is 10.3. The number of nitrogens with one attached hydrogen (secondary N) is 2. The summed E-state index contributed by atoms with van der Waals surface area (Å²) >= 11 is 0. The Kier molecular flexibility index (Phi) is 3.54. The predicted molar refractivity (Wildman–Crippen MR) is 62.4 cm³/mol. The van der Waals surface area contributed by atoms with E-state index >= 15 is 0 Å². The molecule has 7 heteroatoms. The van der Waals surface area contributed by atoms with Gasteiger partial charge in [0.25, 0.3) is 0 Å². The molecule has 0 saturated carbocycles. The van der Waals surface area contributed by atoms with Crippen LogP contribution in [0, 0.1) is 4.91 Å². The quantitative estimate of drug-likeness (QED) is 0.276. The number of hydrazine groups is 1. The fourth-order valence-electron chi connectivity index (χ4n) is 1.47. The zero-order valence-electron chi connectivity index (χ0n) is 9.67. The van der Waals surface area contributed by atoms with E-state index in [0.717, 1.165) is 10.9 Å². The van der Waals surface area contributed by atoms with Crippen molar-refractivity contribution in [3.8, 4) is 0 Å². The van der Waals surface area contributed by atoms with E-state index in [1.807, 2.05) is 18.2 Å². The number of nitrogens with zero attached hydrogens (tertiary/aromatic N) is 1. The molecule has 0 bridgehead atoms. The van der Waals surface area contributed by atoms with Crippen LogP contribution in [0.15, 0.2) is 30.5 Å². The second kappa shape index (κ2) is 5.28. The topological polar surface area (TPSA) is 83.4 Å². The van der Waals surface area contributed by atoms with Gasteiger partial charge >= 0.3 is 11.7 Å². The fourth-order valence-corrected chi connectivity index (χ4v) is 1.47. The third kappa shape index (κ3) is 2.64. The first-order valence-electron chi connectivity index (χ1n) is 5.22. The van der Waals surface area contributed by atoms with Gasteiger partial charge in [0.1, 0.15) is 0 Å². The molecule has 7 nitrogen and oxygen atoms in total. The van der Waals surface area contributed by atoms with Crippen molar-refractivity contribution in [3.63, 3.8) is 0 Å². The number of aromatic amines is 1. The first-order chi connectivity index (χ1) is 8.68. The number of carbonyl (C=O) groups is 1. The van der Waals surface area contributed by atoms with Crippen LogP contribution in [0.3, 0.4) is 0 Å². The van der Waals surface area contributed by atoms with Gasteiger partial charge in [0.15, 0.2) is 4.87 Å². The van der Waals surface area contributed by atoms with Gasteiger partial charge in [0, 0.05) is 6.92 Å². The Labute approximate surface area is 102 Å². The highest BCUT2D eigenvalue weighted by atomic mass is 16.8. The van der Waals surface area contributed by atoms with E-state index < -0.39 is 5.97 Å². The monoisotopic (exact) mass is 250 g/mol. The molecule has 94 valence electrons. The third-order valence-corrected chi connectivity index (χ3v) is 2.25. The first kappa shape index (κ1) is 12.1. The van der Waals surface area contributed by atoms with Crippen molar-refractivity contribution in [3.05, 3.63) is 35.4 Å². The summed E-state index contributed by atoms with van der Waals surface area (Å²) in [4.78, 5) is 30.2. The molecule has 0 saturated heterocycles. The highest BCUT2D eigenvalue weighted by Crippen LogP contribution is 2.23. The van der Waals surface area contributed by atoms with Gasteiger partial charge in [-0.1, -0.05) is 12.1 Å². The van der Waals surface area contributed by atoms with Gasteiger partial charge in [-0.25, -0.2) is 0 Å². The second-order valence-corrected chi connectivity index (χ2v) is 3.50. The summed E-state index contributed by atoms with van der Waals surface area (Å²) in [5, 5.41) is 0.760. The maximum atomic E-state index is 11.7.